The second-order valence-corrected chi connectivity index (χ2v) is 9.50. The highest BCUT2D eigenvalue weighted by Gasteiger charge is 2.20. The summed E-state index contributed by atoms with van der Waals surface area (Å²) in [4.78, 5) is 15.7. The summed E-state index contributed by atoms with van der Waals surface area (Å²) in [7, 11) is 0. The van der Waals surface area contributed by atoms with Crippen LogP contribution in [0.4, 0.5) is 5.69 Å². The average Bonchev–Trinajstić information content (AvgIpc) is 2.81. The van der Waals surface area contributed by atoms with Gasteiger partial charge in [-0.3, -0.25) is 15.0 Å². The van der Waals surface area contributed by atoms with E-state index in [2.05, 4.69) is 71.7 Å². The van der Waals surface area contributed by atoms with Crippen LogP contribution in [0.15, 0.2) is 82.6 Å². The maximum atomic E-state index is 11.3. The zero-order valence-corrected chi connectivity index (χ0v) is 19.2. The first kappa shape index (κ1) is 22.5. The lowest BCUT2D eigenvalue weighted by molar-refractivity contribution is -0.385. The first-order valence-corrected chi connectivity index (χ1v) is 11.9. The number of nitro groups is 1. The number of aryl methyl sites for hydroxylation is 1. The van der Waals surface area contributed by atoms with Crippen LogP contribution in [0.2, 0.25) is 0 Å². The summed E-state index contributed by atoms with van der Waals surface area (Å²) in [6.07, 6.45) is 2.17. The van der Waals surface area contributed by atoms with E-state index in [-0.39, 0.29) is 10.6 Å². The van der Waals surface area contributed by atoms with E-state index in [1.165, 1.54) is 11.1 Å². The van der Waals surface area contributed by atoms with Gasteiger partial charge in [-0.25, -0.2) is 0 Å². The zero-order valence-electron chi connectivity index (χ0n) is 18.4. The van der Waals surface area contributed by atoms with Gasteiger partial charge in [-0.2, -0.15) is 0 Å². The number of non-ortho nitro benzene ring substituents is 1. The highest BCUT2D eigenvalue weighted by Crippen LogP contribution is 2.33. The minimum absolute atomic E-state index is 0.146. The minimum atomic E-state index is -0.314. The molecule has 0 saturated carbocycles. The van der Waals surface area contributed by atoms with E-state index in [0.29, 0.717) is 12.6 Å². The van der Waals surface area contributed by atoms with Crippen LogP contribution in [-0.2, 0) is 13.1 Å². The van der Waals surface area contributed by atoms with Gasteiger partial charge in [0.05, 0.1) is 4.92 Å². The number of rotatable bonds is 8. The first-order chi connectivity index (χ1) is 15.6. The Hall–Kier alpha value is -2.67. The van der Waals surface area contributed by atoms with E-state index < -0.39 is 0 Å². The Morgan fingerprint density at radius 2 is 1.75 bits per heavy atom. The maximum absolute atomic E-state index is 11.3. The highest BCUT2D eigenvalue weighted by molar-refractivity contribution is 7.99. The lowest BCUT2D eigenvalue weighted by Crippen LogP contribution is -2.41. The number of nitrogens with zero attached hydrogens (tertiary/aromatic N) is 2. The van der Waals surface area contributed by atoms with Crippen molar-refractivity contribution < 1.29 is 4.92 Å². The van der Waals surface area contributed by atoms with Crippen LogP contribution in [0, 0.1) is 17.0 Å². The van der Waals surface area contributed by atoms with Crippen molar-refractivity contribution in [2.24, 2.45) is 0 Å². The molecule has 5 nitrogen and oxygen atoms in total. The number of nitro benzene ring substituents is 1. The van der Waals surface area contributed by atoms with Gasteiger partial charge in [0.25, 0.3) is 5.69 Å². The lowest BCUT2D eigenvalue weighted by Gasteiger charge is -2.32. The molecule has 0 spiro atoms. The quantitative estimate of drug-likeness (QED) is 0.349. The van der Waals surface area contributed by atoms with Crippen LogP contribution in [0.5, 0.6) is 0 Å². The van der Waals surface area contributed by atoms with Crippen molar-refractivity contribution in [2.45, 2.75) is 48.7 Å². The van der Waals surface area contributed by atoms with Gasteiger partial charge in [0.2, 0.25) is 0 Å². The topological polar surface area (TPSA) is 58.4 Å². The van der Waals surface area contributed by atoms with Crippen molar-refractivity contribution in [3.63, 3.8) is 0 Å². The van der Waals surface area contributed by atoms with Gasteiger partial charge in [-0.05, 0) is 62.2 Å². The molecule has 0 amide bonds. The predicted molar refractivity (Wildman–Crippen MR) is 130 cm³/mol. The molecule has 1 aliphatic heterocycles. The normalized spacial score (nSPS) is 15.0. The molecule has 0 aliphatic carbocycles. The van der Waals surface area contributed by atoms with Gasteiger partial charge in [0, 0.05) is 41.1 Å². The summed E-state index contributed by atoms with van der Waals surface area (Å²) in [6, 6.07) is 24.6. The second kappa shape index (κ2) is 10.8. The molecule has 3 aromatic rings. The Bertz CT molecular complexity index is 1030. The third kappa shape index (κ3) is 6.19. The summed E-state index contributed by atoms with van der Waals surface area (Å²) >= 11 is 1.66. The molecular weight excluding hydrogens is 418 g/mol. The molecule has 4 rings (SSSR count). The molecule has 0 bridgehead atoms. The van der Waals surface area contributed by atoms with Crippen molar-refractivity contribution in [3.05, 3.63) is 99.6 Å². The second-order valence-electron chi connectivity index (χ2n) is 8.38. The Morgan fingerprint density at radius 1 is 1.03 bits per heavy atom. The van der Waals surface area contributed by atoms with Crippen LogP contribution in [-0.4, -0.2) is 29.0 Å². The van der Waals surface area contributed by atoms with Crippen LogP contribution in [0.1, 0.15) is 29.5 Å². The fourth-order valence-electron chi connectivity index (χ4n) is 4.04. The Labute approximate surface area is 194 Å². The van der Waals surface area contributed by atoms with E-state index in [1.807, 2.05) is 6.07 Å². The van der Waals surface area contributed by atoms with E-state index in [1.54, 1.807) is 23.9 Å². The molecule has 0 unspecified atom stereocenters. The molecule has 1 fully saturated rings. The highest BCUT2D eigenvalue weighted by atomic mass is 32.2. The fraction of sp³-hybridized carbons (Fsp3) is 0.308. The molecule has 3 aromatic carbocycles. The minimum Gasteiger partial charge on any atom is -0.310 e. The molecule has 1 heterocycles. The molecule has 0 atom stereocenters. The van der Waals surface area contributed by atoms with Gasteiger partial charge in [-0.1, -0.05) is 59.8 Å². The maximum Gasteiger partial charge on any atom is 0.269 e. The molecule has 1 aliphatic rings. The average molecular weight is 448 g/mol. The van der Waals surface area contributed by atoms with Crippen LogP contribution < -0.4 is 5.32 Å². The molecule has 1 saturated heterocycles. The zero-order chi connectivity index (χ0) is 22.3. The van der Waals surface area contributed by atoms with Crippen LogP contribution in [0.3, 0.4) is 0 Å². The SMILES string of the molecule is Cc1ccc(Sc2ccc([N+](=O)[O-])cc2CNC2CCN(Cc3ccccc3)CC2)cc1. The number of piperidine rings is 1. The molecule has 1 N–H and O–H groups in total. The number of hydrogen-bond acceptors (Lipinski definition) is 5. The smallest absolute Gasteiger partial charge is 0.269 e. The third-order valence-electron chi connectivity index (χ3n) is 5.92. The number of likely N-dealkylation sites (tertiary alicyclic amines) is 1. The summed E-state index contributed by atoms with van der Waals surface area (Å²) < 4.78 is 0. The molecule has 32 heavy (non-hydrogen) atoms. The van der Waals surface area contributed by atoms with Crippen LogP contribution in [0.25, 0.3) is 0 Å². The Balaban J connectivity index is 1.37. The van der Waals surface area contributed by atoms with Crippen molar-refractivity contribution in [1.29, 1.82) is 0 Å². The van der Waals surface area contributed by atoms with E-state index >= 15 is 0 Å². The van der Waals surface area contributed by atoms with E-state index in [4.69, 9.17) is 0 Å². The molecule has 166 valence electrons. The van der Waals surface area contributed by atoms with Gasteiger partial charge in [0.1, 0.15) is 0 Å². The van der Waals surface area contributed by atoms with Crippen molar-refractivity contribution in [2.75, 3.05) is 13.1 Å². The van der Waals surface area contributed by atoms with Crippen LogP contribution >= 0.6 is 11.8 Å². The number of hydrogen-bond donors (Lipinski definition) is 1. The summed E-state index contributed by atoms with van der Waals surface area (Å²) in [5.41, 5.74) is 3.70. The van der Waals surface area contributed by atoms with Gasteiger partial charge >= 0.3 is 0 Å². The van der Waals surface area contributed by atoms with Gasteiger partial charge < -0.3 is 5.32 Å². The van der Waals surface area contributed by atoms with E-state index in [0.717, 1.165) is 47.8 Å². The molecule has 0 radical (unpaired) electrons. The number of nitrogens with one attached hydrogen (secondary N) is 1. The lowest BCUT2D eigenvalue weighted by atomic mass is 10.0. The third-order valence-corrected chi connectivity index (χ3v) is 7.05. The van der Waals surface area contributed by atoms with Crippen molar-refractivity contribution in [1.82, 2.24) is 10.2 Å². The van der Waals surface area contributed by atoms with Gasteiger partial charge in [-0.15, -0.1) is 0 Å². The van der Waals surface area contributed by atoms with E-state index in [9.17, 15) is 10.1 Å². The largest absolute Gasteiger partial charge is 0.310 e. The fourth-order valence-corrected chi connectivity index (χ4v) is 4.97. The Kier molecular flexibility index (Phi) is 7.58. The monoisotopic (exact) mass is 447 g/mol. The van der Waals surface area contributed by atoms with Crippen molar-refractivity contribution >= 4 is 17.4 Å². The van der Waals surface area contributed by atoms with Crippen molar-refractivity contribution in [3.8, 4) is 0 Å². The molecule has 0 aromatic heterocycles. The Morgan fingerprint density at radius 3 is 2.44 bits per heavy atom. The molecule has 6 heteroatoms. The van der Waals surface area contributed by atoms with Gasteiger partial charge in [0.15, 0.2) is 0 Å². The predicted octanol–water partition coefficient (Wildman–Crippen LogP) is 5.81. The standard InChI is InChI=1S/C26H29N3O2S/c1-20-7-10-25(11-8-20)32-26-12-9-24(29(30)31)17-22(26)18-27-23-13-15-28(16-14-23)19-21-5-3-2-4-6-21/h2-12,17,23,27H,13-16,18-19H2,1H3. The summed E-state index contributed by atoms with van der Waals surface area (Å²) in [5, 5.41) is 15.0. The first-order valence-electron chi connectivity index (χ1n) is 11.1. The summed E-state index contributed by atoms with van der Waals surface area (Å²) in [6.45, 7) is 5.83. The number of benzene rings is 3. The summed E-state index contributed by atoms with van der Waals surface area (Å²) in [5.74, 6) is 0. The molecular formula is C26H29N3O2S.